The Morgan fingerprint density at radius 1 is 1.10 bits per heavy atom. The second-order valence-corrected chi connectivity index (χ2v) is 11.9. The Morgan fingerprint density at radius 3 is 2.77 bits per heavy atom. The molecule has 7 nitrogen and oxygen atoms in total. The number of halogens is 2. The highest BCUT2D eigenvalue weighted by atomic mass is 35.5. The topological polar surface area (TPSA) is 73.8 Å². The maximum absolute atomic E-state index is 16.7. The fourth-order valence-corrected chi connectivity index (χ4v) is 6.98. The number of phenols is 1. The third kappa shape index (κ3) is 4.62. The molecule has 1 aromatic heterocycles. The minimum Gasteiger partial charge on any atom is -0.508 e. The molecule has 3 atom stereocenters. The van der Waals surface area contributed by atoms with Crippen LogP contribution in [0.3, 0.4) is 0 Å². The Kier molecular flexibility index (Phi) is 6.65. The van der Waals surface area contributed by atoms with E-state index in [1.807, 2.05) is 24.3 Å². The quantitative estimate of drug-likeness (QED) is 0.328. The number of rotatable bonds is 5. The minimum absolute atomic E-state index is 0.0462. The van der Waals surface area contributed by atoms with Gasteiger partial charge in [-0.25, -0.2) is 4.39 Å². The van der Waals surface area contributed by atoms with Gasteiger partial charge in [0.15, 0.2) is 5.82 Å². The molecule has 40 heavy (non-hydrogen) atoms. The predicted octanol–water partition coefficient (Wildman–Crippen LogP) is 5.61. The summed E-state index contributed by atoms with van der Waals surface area (Å²) in [5, 5.41) is 16.5. The summed E-state index contributed by atoms with van der Waals surface area (Å²) >= 11 is 6.87. The largest absolute Gasteiger partial charge is 0.508 e. The first kappa shape index (κ1) is 25.7. The number of hydrogen-bond acceptors (Lipinski definition) is 7. The Morgan fingerprint density at radius 2 is 1.98 bits per heavy atom. The molecular formula is C31H33ClFN5O2. The number of ether oxygens (including phenoxy) is 1. The van der Waals surface area contributed by atoms with E-state index < -0.39 is 5.82 Å². The number of anilines is 1. The predicted molar refractivity (Wildman–Crippen MR) is 157 cm³/mol. The lowest BCUT2D eigenvalue weighted by Gasteiger charge is -2.26. The second-order valence-electron chi connectivity index (χ2n) is 11.5. The number of hydrogen-bond donors (Lipinski definition) is 2. The molecule has 2 bridgehead atoms. The number of aromatic hydroxyl groups is 1. The Labute approximate surface area is 237 Å². The van der Waals surface area contributed by atoms with Gasteiger partial charge in [0.25, 0.3) is 0 Å². The van der Waals surface area contributed by atoms with Crippen LogP contribution in [0.4, 0.5) is 10.2 Å². The van der Waals surface area contributed by atoms with Crippen molar-refractivity contribution in [3.8, 4) is 22.9 Å². The molecule has 4 aliphatic heterocycles. The molecule has 9 heteroatoms. The lowest BCUT2D eigenvalue weighted by atomic mass is 9.96. The summed E-state index contributed by atoms with van der Waals surface area (Å²) in [6.45, 7) is 4.08. The molecule has 0 radical (unpaired) electrons. The first-order valence-corrected chi connectivity index (χ1v) is 14.6. The maximum Gasteiger partial charge on any atom is 0.319 e. The standard InChI is InChI=1S/C31H33ClFN5O2/c1-37-10-4-6-21(37)17-40-31-35-29-25(30(36-31)38-15-18-8-9-20(16-38)34-14-18)13-26(32)27(28(29)33)24-12-22(39)11-19-5-2-3-7-23(19)24/h2-3,5,7,11-13,18,20-21,34,39H,4,6,8-10,14-17H2,1H3. The Bertz CT molecular complexity index is 1580. The average molecular weight is 562 g/mol. The first-order valence-electron chi connectivity index (χ1n) is 14.2. The smallest absolute Gasteiger partial charge is 0.319 e. The van der Waals surface area contributed by atoms with Gasteiger partial charge in [0.1, 0.15) is 23.7 Å². The van der Waals surface area contributed by atoms with Crippen molar-refractivity contribution in [2.75, 3.05) is 44.7 Å². The van der Waals surface area contributed by atoms with Crippen LogP contribution in [0.15, 0.2) is 42.5 Å². The molecule has 3 unspecified atom stereocenters. The molecule has 8 rings (SSSR count). The molecule has 0 spiro atoms. The van der Waals surface area contributed by atoms with E-state index in [2.05, 4.69) is 27.1 Å². The molecule has 208 valence electrons. The number of likely N-dealkylation sites (N-methyl/N-ethyl adjacent to an activating group) is 1. The maximum atomic E-state index is 16.7. The van der Waals surface area contributed by atoms with Crippen molar-refractivity contribution in [1.82, 2.24) is 20.2 Å². The van der Waals surface area contributed by atoms with Crippen LogP contribution in [0, 0.1) is 11.7 Å². The van der Waals surface area contributed by atoms with Gasteiger partial charge in [0.2, 0.25) is 0 Å². The van der Waals surface area contributed by atoms with Gasteiger partial charge < -0.3 is 25.0 Å². The highest BCUT2D eigenvalue weighted by Crippen LogP contribution is 2.43. The third-order valence-corrected chi connectivity index (χ3v) is 9.17. The van der Waals surface area contributed by atoms with Crippen LogP contribution in [0.1, 0.15) is 25.7 Å². The number of nitrogens with one attached hydrogen (secondary N) is 1. The molecule has 4 aliphatic rings. The molecule has 2 N–H and O–H groups in total. The highest BCUT2D eigenvalue weighted by molar-refractivity contribution is 6.35. The first-order chi connectivity index (χ1) is 19.4. The molecular weight excluding hydrogens is 529 g/mol. The van der Waals surface area contributed by atoms with E-state index in [1.165, 1.54) is 6.42 Å². The van der Waals surface area contributed by atoms with E-state index in [-0.39, 0.29) is 33.9 Å². The number of likely N-dealkylation sites (tertiary alicyclic amines) is 1. The van der Waals surface area contributed by atoms with Crippen LogP contribution in [0.5, 0.6) is 11.8 Å². The van der Waals surface area contributed by atoms with Crippen molar-refractivity contribution in [3.63, 3.8) is 0 Å². The number of phenolic OH excluding ortho intramolecular Hbond substituents is 1. The zero-order valence-electron chi connectivity index (χ0n) is 22.5. The van der Waals surface area contributed by atoms with Crippen LogP contribution < -0.4 is 15.0 Å². The fraction of sp³-hybridized carbons (Fsp3) is 0.419. The van der Waals surface area contributed by atoms with Crippen molar-refractivity contribution in [2.24, 2.45) is 5.92 Å². The van der Waals surface area contributed by atoms with Gasteiger partial charge in [-0.05, 0) is 86.3 Å². The number of piperidine rings is 1. The molecule has 5 heterocycles. The average Bonchev–Trinajstić information content (AvgIpc) is 3.13. The second kappa shape index (κ2) is 10.3. The molecule has 4 fully saturated rings. The Hall–Kier alpha value is -3.20. The van der Waals surface area contributed by atoms with Crippen LogP contribution in [-0.2, 0) is 0 Å². The van der Waals surface area contributed by atoms with E-state index in [4.69, 9.17) is 21.3 Å². The molecule has 0 amide bonds. The molecule has 3 aromatic carbocycles. The fourth-order valence-electron chi connectivity index (χ4n) is 6.69. The summed E-state index contributed by atoms with van der Waals surface area (Å²) in [6, 6.07) is 13.4. The van der Waals surface area contributed by atoms with Gasteiger partial charge in [0, 0.05) is 36.1 Å². The van der Waals surface area contributed by atoms with Crippen molar-refractivity contribution < 1.29 is 14.2 Å². The van der Waals surface area contributed by atoms with Gasteiger partial charge in [-0.15, -0.1) is 0 Å². The summed E-state index contributed by atoms with van der Waals surface area (Å²) in [4.78, 5) is 14.0. The van der Waals surface area contributed by atoms with Crippen LogP contribution in [0.2, 0.25) is 5.02 Å². The van der Waals surface area contributed by atoms with E-state index in [1.54, 1.807) is 18.2 Å². The highest BCUT2D eigenvalue weighted by Gasteiger charge is 2.32. The zero-order valence-corrected chi connectivity index (χ0v) is 23.3. The van der Waals surface area contributed by atoms with Crippen molar-refractivity contribution >= 4 is 39.1 Å². The van der Waals surface area contributed by atoms with Crippen LogP contribution in [-0.4, -0.2) is 71.9 Å². The van der Waals surface area contributed by atoms with E-state index >= 15 is 4.39 Å². The normalized spacial score (nSPS) is 23.3. The van der Waals surface area contributed by atoms with Crippen molar-refractivity contribution in [1.29, 1.82) is 0 Å². The molecule has 4 saturated heterocycles. The number of benzene rings is 3. The van der Waals surface area contributed by atoms with Gasteiger partial charge >= 0.3 is 6.01 Å². The summed E-state index contributed by atoms with van der Waals surface area (Å²) in [7, 11) is 2.10. The summed E-state index contributed by atoms with van der Waals surface area (Å²) in [5.41, 5.74) is 0.911. The van der Waals surface area contributed by atoms with Gasteiger partial charge in [-0.1, -0.05) is 35.9 Å². The van der Waals surface area contributed by atoms with Crippen LogP contribution in [0.25, 0.3) is 32.8 Å². The Balaban J connectivity index is 1.39. The molecule has 4 aromatic rings. The summed E-state index contributed by atoms with van der Waals surface area (Å²) in [5.74, 6) is 0.664. The van der Waals surface area contributed by atoms with Gasteiger partial charge in [0.05, 0.1) is 5.02 Å². The molecule has 0 aliphatic carbocycles. The van der Waals surface area contributed by atoms with Gasteiger partial charge in [-0.2, -0.15) is 9.97 Å². The number of fused-ring (bicyclic) bond motifs is 6. The van der Waals surface area contributed by atoms with Crippen LogP contribution >= 0.6 is 11.6 Å². The minimum atomic E-state index is -0.541. The van der Waals surface area contributed by atoms with Crippen molar-refractivity contribution in [3.05, 3.63) is 53.3 Å². The zero-order chi connectivity index (χ0) is 27.4. The monoisotopic (exact) mass is 561 g/mol. The molecule has 0 saturated carbocycles. The lowest BCUT2D eigenvalue weighted by molar-refractivity contribution is 0.188. The van der Waals surface area contributed by atoms with Crippen molar-refractivity contribution in [2.45, 2.75) is 37.8 Å². The van der Waals surface area contributed by atoms with E-state index in [0.29, 0.717) is 35.3 Å². The number of nitrogens with zero attached hydrogens (tertiary/aromatic N) is 4. The summed E-state index contributed by atoms with van der Waals surface area (Å²) in [6.07, 6.45) is 4.47. The number of aromatic nitrogens is 2. The lowest BCUT2D eigenvalue weighted by Crippen LogP contribution is -2.39. The summed E-state index contributed by atoms with van der Waals surface area (Å²) < 4.78 is 22.9. The SMILES string of the molecule is CN1CCCC1COc1nc(N2CC3CCC(C2)NC3)c2cc(Cl)c(-c3cc(O)cc4ccccc34)c(F)c2n1. The van der Waals surface area contributed by atoms with E-state index in [0.717, 1.165) is 56.2 Å². The van der Waals surface area contributed by atoms with E-state index in [9.17, 15) is 5.11 Å². The van der Waals surface area contributed by atoms with Gasteiger partial charge in [-0.3, -0.25) is 0 Å². The third-order valence-electron chi connectivity index (χ3n) is 8.87.